The Kier molecular flexibility index (Phi) is 4.26. The number of carboxylic acid groups (broad SMARTS) is 1. The van der Waals surface area contributed by atoms with Crippen molar-refractivity contribution in [2.24, 2.45) is 5.92 Å². The van der Waals surface area contributed by atoms with E-state index in [9.17, 15) is 4.79 Å². The Morgan fingerprint density at radius 3 is 2.82 bits per heavy atom. The molecule has 0 radical (unpaired) electrons. The molecule has 17 heavy (non-hydrogen) atoms. The first kappa shape index (κ1) is 12.7. The number of carboxylic acids is 1. The number of aromatic carboxylic acids is 1. The second kappa shape index (κ2) is 5.71. The van der Waals surface area contributed by atoms with Gasteiger partial charge in [-0.05, 0) is 40.8 Å². The van der Waals surface area contributed by atoms with Crippen LogP contribution in [0.1, 0.15) is 49.0 Å². The Labute approximate surface area is 110 Å². The van der Waals surface area contributed by atoms with Crippen LogP contribution in [-0.4, -0.2) is 15.6 Å². The fourth-order valence-electron chi connectivity index (χ4n) is 2.69. The molecule has 1 fully saturated rings. The predicted octanol–water partition coefficient (Wildman–Crippen LogP) is 3.92. The third-order valence-electron chi connectivity index (χ3n) is 3.57. The highest BCUT2D eigenvalue weighted by Gasteiger charge is 2.15. The molecule has 1 aromatic heterocycles. The first-order chi connectivity index (χ1) is 8.16. The molecule has 1 saturated carbocycles. The van der Waals surface area contributed by atoms with Crippen LogP contribution < -0.4 is 0 Å². The monoisotopic (exact) mass is 299 g/mol. The highest BCUT2D eigenvalue weighted by Crippen LogP contribution is 2.28. The number of rotatable bonds is 5. The molecular weight excluding hydrogens is 282 g/mol. The van der Waals surface area contributed by atoms with E-state index >= 15 is 0 Å². The van der Waals surface area contributed by atoms with Crippen LogP contribution in [-0.2, 0) is 6.54 Å². The summed E-state index contributed by atoms with van der Waals surface area (Å²) in [7, 11) is 0. The Hall–Kier alpha value is -0.770. The second-order valence-electron chi connectivity index (χ2n) is 4.83. The van der Waals surface area contributed by atoms with Gasteiger partial charge in [0, 0.05) is 17.2 Å². The van der Waals surface area contributed by atoms with Gasteiger partial charge in [0.2, 0.25) is 0 Å². The minimum Gasteiger partial charge on any atom is -0.477 e. The van der Waals surface area contributed by atoms with Crippen LogP contribution in [0.2, 0.25) is 0 Å². The molecule has 0 spiro atoms. The van der Waals surface area contributed by atoms with Crippen LogP contribution in [0.4, 0.5) is 0 Å². The van der Waals surface area contributed by atoms with Gasteiger partial charge in [-0.1, -0.05) is 25.7 Å². The van der Waals surface area contributed by atoms with E-state index in [1.807, 2.05) is 10.8 Å². The van der Waals surface area contributed by atoms with Gasteiger partial charge in [-0.2, -0.15) is 0 Å². The molecule has 0 aliphatic heterocycles. The average Bonchev–Trinajstić information content (AvgIpc) is 2.88. The summed E-state index contributed by atoms with van der Waals surface area (Å²) in [4.78, 5) is 11.0. The van der Waals surface area contributed by atoms with Gasteiger partial charge in [0.05, 0.1) is 0 Å². The average molecular weight is 300 g/mol. The van der Waals surface area contributed by atoms with Crippen LogP contribution in [0.3, 0.4) is 0 Å². The molecule has 1 heterocycles. The Morgan fingerprint density at radius 1 is 1.47 bits per heavy atom. The standard InChI is InChI=1S/C13H18BrNO2/c14-11-8-12(13(16)17)15(9-11)7-3-6-10-4-1-2-5-10/h8-10H,1-7H2,(H,16,17). The van der Waals surface area contributed by atoms with Crippen molar-refractivity contribution in [1.29, 1.82) is 0 Å². The van der Waals surface area contributed by atoms with E-state index in [2.05, 4.69) is 15.9 Å². The third-order valence-corrected chi connectivity index (χ3v) is 4.00. The minimum absolute atomic E-state index is 0.378. The lowest BCUT2D eigenvalue weighted by Gasteiger charge is -2.10. The van der Waals surface area contributed by atoms with Gasteiger partial charge >= 0.3 is 5.97 Å². The van der Waals surface area contributed by atoms with Crippen molar-refractivity contribution in [2.45, 2.75) is 45.1 Å². The molecule has 0 amide bonds. The summed E-state index contributed by atoms with van der Waals surface area (Å²) in [6, 6.07) is 1.66. The Balaban J connectivity index is 1.87. The number of carbonyl (C=O) groups is 1. The van der Waals surface area contributed by atoms with E-state index in [4.69, 9.17) is 5.11 Å². The van der Waals surface area contributed by atoms with Crippen molar-refractivity contribution in [3.63, 3.8) is 0 Å². The number of hydrogen-bond acceptors (Lipinski definition) is 1. The molecule has 2 rings (SSSR count). The van der Waals surface area contributed by atoms with Crippen molar-refractivity contribution < 1.29 is 9.90 Å². The van der Waals surface area contributed by atoms with E-state index < -0.39 is 5.97 Å². The maximum atomic E-state index is 11.0. The quantitative estimate of drug-likeness (QED) is 0.895. The van der Waals surface area contributed by atoms with Gasteiger partial charge in [0.25, 0.3) is 0 Å². The SMILES string of the molecule is O=C(O)c1cc(Br)cn1CCCC1CCCC1. The number of nitrogens with zero attached hydrogens (tertiary/aromatic N) is 1. The maximum Gasteiger partial charge on any atom is 0.352 e. The molecule has 1 aliphatic carbocycles. The molecule has 0 bridgehead atoms. The van der Waals surface area contributed by atoms with Crippen molar-refractivity contribution in [1.82, 2.24) is 4.57 Å². The minimum atomic E-state index is -0.850. The zero-order valence-electron chi connectivity index (χ0n) is 9.86. The Bertz CT molecular complexity index is 394. The van der Waals surface area contributed by atoms with Crippen LogP contribution in [0.25, 0.3) is 0 Å². The Morgan fingerprint density at radius 2 is 2.18 bits per heavy atom. The van der Waals surface area contributed by atoms with E-state index in [1.165, 1.54) is 32.1 Å². The van der Waals surface area contributed by atoms with Crippen LogP contribution in [0.5, 0.6) is 0 Å². The molecule has 1 aliphatic rings. The lowest BCUT2D eigenvalue weighted by atomic mass is 10.0. The maximum absolute atomic E-state index is 11.0. The van der Waals surface area contributed by atoms with Gasteiger partial charge in [0.15, 0.2) is 0 Å². The summed E-state index contributed by atoms with van der Waals surface area (Å²) in [6.45, 7) is 0.809. The molecular formula is C13H18BrNO2. The van der Waals surface area contributed by atoms with E-state index in [1.54, 1.807) is 6.07 Å². The lowest BCUT2D eigenvalue weighted by Crippen LogP contribution is -2.08. The van der Waals surface area contributed by atoms with E-state index in [0.717, 1.165) is 23.4 Å². The zero-order valence-corrected chi connectivity index (χ0v) is 11.4. The van der Waals surface area contributed by atoms with E-state index in [0.29, 0.717) is 5.69 Å². The largest absolute Gasteiger partial charge is 0.477 e. The van der Waals surface area contributed by atoms with Crippen LogP contribution >= 0.6 is 15.9 Å². The van der Waals surface area contributed by atoms with Gasteiger partial charge in [-0.15, -0.1) is 0 Å². The molecule has 0 unspecified atom stereocenters. The summed E-state index contributed by atoms with van der Waals surface area (Å²) in [5.74, 6) is 0.0267. The lowest BCUT2D eigenvalue weighted by molar-refractivity contribution is 0.0685. The smallest absolute Gasteiger partial charge is 0.352 e. The van der Waals surface area contributed by atoms with Crippen molar-refractivity contribution >= 4 is 21.9 Å². The molecule has 4 heteroatoms. The normalized spacial score (nSPS) is 16.5. The number of halogens is 1. The summed E-state index contributed by atoms with van der Waals surface area (Å²) >= 11 is 3.33. The fraction of sp³-hybridized carbons (Fsp3) is 0.615. The first-order valence-electron chi connectivity index (χ1n) is 6.26. The van der Waals surface area contributed by atoms with Crippen molar-refractivity contribution in [2.75, 3.05) is 0 Å². The molecule has 0 atom stereocenters. The van der Waals surface area contributed by atoms with Crippen LogP contribution in [0, 0.1) is 5.92 Å². The first-order valence-corrected chi connectivity index (χ1v) is 7.05. The fourth-order valence-corrected chi connectivity index (χ4v) is 3.15. The molecule has 1 N–H and O–H groups in total. The third kappa shape index (κ3) is 3.35. The zero-order chi connectivity index (χ0) is 12.3. The van der Waals surface area contributed by atoms with Gasteiger partial charge < -0.3 is 9.67 Å². The number of aryl methyl sites for hydroxylation is 1. The highest BCUT2D eigenvalue weighted by atomic mass is 79.9. The molecule has 0 aromatic carbocycles. The van der Waals surface area contributed by atoms with Gasteiger partial charge in [-0.3, -0.25) is 0 Å². The molecule has 0 saturated heterocycles. The van der Waals surface area contributed by atoms with Crippen molar-refractivity contribution in [3.05, 3.63) is 22.4 Å². The summed E-state index contributed by atoms with van der Waals surface area (Å²) in [5.41, 5.74) is 0.378. The summed E-state index contributed by atoms with van der Waals surface area (Å²) in [5, 5.41) is 9.05. The van der Waals surface area contributed by atoms with Gasteiger partial charge in [-0.25, -0.2) is 4.79 Å². The molecule has 3 nitrogen and oxygen atoms in total. The number of aromatic nitrogens is 1. The highest BCUT2D eigenvalue weighted by molar-refractivity contribution is 9.10. The topological polar surface area (TPSA) is 42.2 Å². The van der Waals surface area contributed by atoms with E-state index in [-0.39, 0.29) is 0 Å². The number of hydrogen-bond donors (Lipinski definition) is 1. The van der Waals surface area contributed by atoms with Crippen molar-refractivity contribution in [3.8, 4) is 0 Å². The predicted molar refractivity (Wildman–Crippen MR) is 70.3 cm³/mol. The summed E-state index contributed by atoms with van der Waals surface area (Å²) < 4.78 is 2.68. The summed E-state index contributed by atoms with van der Waals surface area (Å²) in [6.07, 6.45) is 9.64. The molecule has 94 valence electrons. The molecule has 1 aromatic rings. The second-order valence-corrected chi connectivity index (χ2v) is 5.75. The van der Waals surface area contributed by atoms with Crippen LogP contribution in [0.15, 0.2) is 16.7 Å². The van der Waals surface area contributed by atoms with Gasteiger partial charge in [0.1, 0.15) is 5.69 Å².